The van der Waals surface area contributed by atoms with Crippen molar-refractivity contribution in [3.8, 4) is 17.1 Å². The van der Waals surface area contributed by atoms with Crippen LogP contribution in [0.25, 0.3) is 17.5 Å². The summed E-state index contributed by atoms with van der Waals surface area (Å²) in [5, 5.41) is 15.4. The van der Waals surface area contributed by atoms with Crippen LogP contribution in [0.5, 0.6) is 5.75 Å². The van der Waals surface area contributed by atoms with Gasteiger partial charge < -0.3 is 24.0 Å². The van der Waals surface area contributed by atoms with E-state index < -0.39 is 53.1 Å². The second-order valence-corrected chi connectivity index (χ2v) is 11.2. The number of aromatic nitrogens is 2. The normalized spacial score (nSPS) is 16.1. The first-order valence-electron chi connectivity index (χ1n) is 14.0. The van der Waals surface area contributed by atoms with E-state index in [1.807, 2.05) is 0 Å². The van der Waals surface area contributed by atoms with E-state index in [0.717, 1.165) is 24.3 Å². The van der Waals surface area contributed by atoms with Crippen LogP contribution in [-0.4, -0.2) is 57.0 Å². The molecule has 47 heavy (non-hydrogen) atoms. The molecule has 1 aromatic heterocycles. The molecule has 2 heterocycles. The number of alkyl carbamates (subject to hydrolysis) is 1. The predicted octanol–water partition coefficient (Wildman–Crippen LogP) is 7.56. The number of rotatable bonds is 6. The molecule has 1 aliphatic rings. The van der Waals surface area contributed by atoms with Crippen LogP contribution < -0.4 is 10.1 Å². The van der Waals surface area contributed by atoms with Gasteiger partial charge in [0.05, 0.1) is 11.1 Å². The number of likely N-dealkylation sites (tertiary alicyclic amines) is 1. The highest BCUT2D eigenvalue weighted by atomic mass is 19.4. The zero-order valence-electron chi connectivity index (χ0n) is 25.1. The topological polar surface area (TPSA) is 139 Å². The zero-order valence-corrected chi connectivity index (χ0v) is 25.1. The number of amides is 2. The second kappa shape index (κ2) is 13.7. The highest BCUT2D eigenvalue weighted by molar-refractivity contribution is 5.98. The van der Waals surface area contributed by atoms with Crippen molar-refractivity contribution >= 4 is 24.2 Å². The molecule has 3 aromatic rings. The average Bonchev–Trinajstić information content (AvgIpc) is 3.63. The lowest BCUT2D eigenvalue weighted by Crippen LogP contribution is -2.46. The van der Waals surface area contributed by atoms with Gasteiger partial charge in [-0.3, -0.25) is 5.32 Å². The molecule has 1 atom stereocenters. The van der Waals surface area contributed by atoms with Crippen LogP contribution in [0.3, 0.4) is 0 Å². The molecule has 0 bridgehead atoms. The molecule has 2 amide bonds. The van der Waals surface area contributed by atoms with Crippen molar-refractivity contribution in [2.45, 2.75) is 57.6 Å². The third-order valence-corrected chi connectivity index (χ3v) is 6.49. The number of alkyl halides is 6. The van der Waals surface area contributed by atoms with Crippen LogP contribution in [0, 0.1) is 0 Å². The van der Waals surface area contributed by atoms with Crippen LogP contribution >= 0.6 is 0 Å². The van der Waals surface area contributed by atoms with Crippen LogP contribution in [0.15, 0.2) is 58.1 Å². The highest BCUT2D eigenvalue weighted by Crippen LogP contribution is 2.39. The maximum atomic E-state index is 14.0. The Kier molecular flexibility index (Phi) is 10.2. The summed E-state index contributed by atoms with van der Waals surface area (Å²) in [5.74, 6) is -1.10. The summed E-state index contributed by atoms with van der Waals surface area (Å²) in [7, 11) is 0. The Bertz CT molecular complexity index is 1640. The van der Waals surface area contributed by atoms with Crippen molar-refractivity contribution in [3.63, 3.8) is 0 Å². The monoisotopic (exact) mass is 669 g/mol. The predicted molar refractivity (Wildman–Crippen MR) is 154 cm³/mol. The summed E-state index contributed by atoms with van der Waals surface area (Å²) in [6, 6.07) is 6.59. The fourth-order valence-electron chi connectivity index (χ4n) is 4.54. The molecule has 0 spiro atoms. The number of carbonyl (C=O) groups is 2. The fraction of sp³-hybridized carbons (Fsp3) is 0.367. The Morgan fingerprint density at radius 3 is 2.40 bits per heavy atom. The third-order valence-electron chi connectivity index (χ3n) is 6.49. The van der Waals surface area contributed by atoms with Crippen molar-refractivity contribution in [2.24, 2.45) is 4.99 Å². The summed E-state index contributed by atoms with van der Waals surface area (Å²) in [6.07, 6.45) is -8.24. The first-order chi connectivity index (χ1) is 21.9. The van der Waals surface area contributed by atoms with E-state index in [9.17, 15) is 41.0 Å². The average molecular weight is 670 g/mol. The molecule has 17 heteroatoms. The number of hydrogen-bond donors (Lipinski definition) is 2. The molecule has 1 unspecified atom stereocenters. The molecule has 1 saturated heterocycles. The number of nitrogens with zero attached hydrogens (tertiary/aromatic N) is 4. The molecular formula is C30H29F6N5O6. The van der Waals surface area contributed by atoms with Crippen LogP contribution in [0.2, 0.25) is 0 Å². The molecule has 4 rings (SSSR count). The van der Waals surface area contributed by atoms with E-state index in [1.54, 1.807) is 20.8 Å². The van der Waals surface area contributed by atoms with Crippen LogP contribution in [0.1, 0.15) is 62.2 Å². The Balaban J connectivity index is 1.50. The summed E-state index contributed by atoms with van der Waals surface area (Å²) in [4.78, 5) is 32.8. The van der Waals surface area contributed by atoms with E-state index in [4.69, 9.17) is 14.0 Å². The highest BCUT2D eigenvalue weighted by Gasteiger charge is 2.37. The van der Waals surface area contributed by atoms with Crippen molar-refractivity contribution < 1.29 is 55.0 Å². The molecule has 0 aliphatic carbocycles. The van der Waals surface area contributed by atoms with Gasteiger partial charge in [0, 0.05) is 12.1 Å². The molecule has 0 saturated carbocycles. The van der Waals surface area contributed by atoms with Gasteiger partial charge in [-0.25, -0.2) is 9.59 Å². The molecule has 2 N–H and O–H groups in total. The number of halogens is 6. The maximum absolute atomic E-state index is 14.0. The van der Waals surface area contributed by atoms with E-state index in [1.165, 1.54) is 35.3 Å². The van der Waals surface area contributed by atoms with Gasteiger partial charge in [0.2, 0.25) is 17.7 Å². The minimum atomic E-state index is -4.84. The molecular weight excluding hydrogens is 640 g/mol. The van der Waals surface area contributed by atoms with Gasteiger partial charge in [0.1, 0.15) is 24.0 Å². The molecule has 1 fully saturated rings. The van der Waals surface area contributed by atoms with Crippen molar-refractivity contribution in [1.29, 1.82) is 0 Å². The van der Waals surface area contributed by atoms with E-state index in [0.29, 0.717) is 18.4 Å². The van der Waals surface area contributed by atoms with Crippen molar-refractivity contribution in [1.82, 2.24) is 20.4 Å². The number of hydrogen-bond acceptors (Lipinski definition) is 7. The summed E-state index contributed by atoms with van der Waals surface area (Å²) in [6.45, 7) is 4.77. The molecule has 1 aliphatic heterocycles. The van der Waals surface area contributed by atoms with Crippen molar-refractivity contribution in [3.05, 3.63) is 71.1 Å². The Labute approximate surface area is 263 Å². The molecule has 0 radical (unpaired) electrons. The minimum Gasteiger partial charge on any atom is -0.489 e. The van der Waals surface area contributed by atoms with Gasteiger partial charge in [0.15, 0.2) is 0 Å². The van der Waals surface area contributed by atoms with Crippen molar-refractivity contribution in [2.75, 3.05) is 13.2 Å². The summed E-state index contributed by atoms with van der Waals surface area (Å²) < 4.78 is 96.0. The minimum absolute atomic E-state index is 0.0520. The smallest absolute Gasteiger partial charge is 0.434 e. The number of carbonyl (C=O) groups excluding carboxylic acids is 1. The Morgan fingerprint density at radius 2 is 1.79 bits per heavy atom. The standard InChI is InChI=1S/C30H29F6N5O6/c1-28(2,3)46-27(44)39-25(38-26(42)43)41-14-4-7-21(41)24-37-23(40-47-24)18-10-13-22(20(16-18)30(34,35)36)45-15-5-6-17-8-11-19(12-9-17)29(31,32)33/h5-6,8-13,16,21H,4,7,14-15H2,1-3H3,(H,42,43)(H,38,39,44)/b6-5-. The number of guanidine groups is 1. The van der Waals surface area contributed by atoms with Gasteiger partial charge in [-0.05, 0) is 75.6 Å². The number of benzene rings is 2. The Hall–Kier alpha value is -5.09. The number of aliphatic imine (C=N–C) groups is 1. The SMILES string of the molecule is CC(C)(C)OC(=O)NC(=NC(=O)O)N1CCCC1c1nc(-c2ccc(OC/C=C\c3ccc(C(F)(F)F)cc3)c(C(F)(F)F)c2)no1. The first-order valence-corrected chi connectivity index (χ1v) is 14.0. The molecule has 2 aromatic carbocycles. The van der Waals surface area contributed by atoms with Crippen LogP contribution in [-0.2, 0) is 17.1 Å². The summed E-state index contributed by atoms with van der Waals surface area (Å²) >= 11 is 0. The van der Waals surface area contributed by atoms with Gasteiger partial charge >= 0.3 is 24.5 Å². The van der Waals surface area contributed by atoms with E-state index >= 15 is 0 Å². The lowest BCUT2D eigenvalue weighted by Gasteiger charge is -2.26. The second-order valence-electron chi connectivity index (χ2n) is 11.2. The third kappa shape index (κ3) is 9.46. The van der Waals surface area contributed by atoms with Gasteiger partial charge in [-0.2, -0.15) is 31.3 Å². The maximum Gasteiger partial charge on any atom is 0.434 e. The Morgan fingerprint density at radius 1 is 1.09 bits per heavy atom. The zero-order chi connectivity index (χ0) is 34.6. The quantitative estimate of drug-likeness (QED) is 0.155. The van der Waals surface area contributed by atoms with E-state index in [-0.39, 0.29) is 36.4 Å². The lowest BCUT2D eigenvalue weighted by atomic mass is 10.1. The van der Waals surface area contributed by atoms with Crippen LogP contribution in [0.4, 0.5) is 35.9 Å². The van der Waals surface area contributed by atoms with Gasteiger partial charge in [-0.15, -0.1) is 4.99 Å². The number of ether oxygens (including phenoxy) is 2. The first kappa shape index (κ1) is 34.8. The number of carboxylic acid groups (broad SMARTS) is 1. The lowest BCUT2D eigenvalue weighted by molar-refractivity contribution is -0.139. The van der Waals surface area contributed by atoms with E-state index in [2.05, 4.69) is 20.4 Å². The summed E-state index contributed by atoms with van der Waals surface area (Å²) in [5.41, 5.74) is -2.52. The fourth-order valence-corrected chi connectivity index (χ4v) is 4.54. The van der Waals surface area contributed by atoms with Gasteiger partial charge in [0.25, 0.3) is 0 Å². The largest absolute Gasteiger partial charge is 0.489 e. The molecule has 11 nitrogen and oxygen atoms in total. The number of nitrogens with one attached hydrogen (secondary N) is 1. The molecule has 252 valence electrons. The van der Waals surface area contributed by atoms with Gasteiger partial charge in [-0.1, -0.05) is 23.4 Å².